The van der Waals surface area contributed by atoms with Crippen molar-refractivity contribution in [1.82, 2.24) is 15.5 Å². The molecule has 3 unspecified atom stereocenters. The number of Topliss-reactive ketones (excluding diaryl/α,β-unsaturated/α-hetero) is 1. The zero-order chi connectivity index (χ0) is 23.3. The summed E-state index contributed by atoms with van der Waals surface area (Å²) in [5.74, 6) is -2.17. The van der Waals surface area contributed by atoms with Crippen LogP contribution in [0.25, 0.3) is 0 Å². The fourth-order valence-electron chi connectivity index (χ4n) is 4.34. The van der Waals surface area contributed by atoms with Gasteiger partial charge in [-0.1, -0.05) is 50.1 Å². The Morgan fingerprint density at radius 1 is 1.22 bits per heavy atom. The fraction of sp³-hybridized carbons (Fsp3) is 0.522. The summed E-state index contributed by atoms with van der Waals surface area (Å²) in [6.45, 7) is 2.12. The maximum absolute atomic E-state index is 12.9. The van der Waals surface area contributed by atoms with Crippen LogP contribution in [-0.2, 0) is 30.3 Å². The van der Waals surface area contributed by atoms with Crippen LogP contribution in [0.4, 0.5) is 4.79 Å². The zero-order valence-corrected chi connectivity index (χ0v) is 18.4. The minimum absolute atomic E-state index is 0.0207. The third-order valence-electron chi connectivity index (χ3n) is 6.26. The zero-order valence-electron chi connectivity index (χ0n) is 18.4. The Morgan fingerprint density at radius 3 is 2.59 bits per heavy atom. The number of rotatable bonds is 8. The van der Waals surface area contributed by atoms with E-state index in [9.17, 15) is 24.0 Å². The number of ether oxygens (including phenoxy) is 1. The van der Waals surface area contributed by atoms with Gasteiger partial charge in [0.15, 0.2) is 12.4 Å². The summed E-state index contributed by atoms with van der Waals surface area (Å²) in [4.78, 5) is 62.4. The van der Waals surface area contributed by atoms with Gasteiger partial charge < -0.3 is 15.4 Å². The second-order valence-electron chi connectivity index (χ2n) is 8.52. The lowest BCUT2D eigenvalue weighted by Crippen LogP contribution is -2.54. The summed E-state index contributed by atoms with van der Waals surface area (Å²) < 4.78 is 4.96. The molecular formula is C23H29N3O6. The van der Waals surface area contributed by atoms with E-state index in [2.05, 4.69) is 10.6 Å². The molecule has 0 bridgehead atoms. The van der Waals surface area contributed by atoms with E-state index in [4.69, 9.17) is 4.74 Å². The predicted octanol–water partition coefficient (Wildman–Crippen LogP) is 1.35. The summed E-state index contributed by atoms with van der Waals surface area (Å²) in [5.41, 5.74) is -0.0755. The van der Waals surface area contributed by atoms with Gasteiger partial charge in [-0.05, 0) is 37.7 Å². The maximum Gasteiger partial charge on any atom is 0.326 e. The number of nitrogens with one attached hydrogen (secondary N) is 2. The quantitative estimate of drug-likeness (QED) is 0.462. The molecule has 0 radical (unpaired) electrons. The molecule has 1 saturated carbocycles. The summed E-state index contributed by atoms with van der Waals surface area (Å²) in [6, 6.07) is 7.85. The Kier molecular flexibility index (Phi) is 7.27. The minimum atomic E-state index is -0.959. The molecule has 2 aliphatic rings. The number of hydrogen-bond acceptors (Lipinski definition) is 6. The molecule has 1 aliphatic heterocycles. The number of urea groups is 1. The third kappa shape index (κ3) is 5.15. The first-order chi connectivity index (χ1) is 15.2. The Morgan fingerprint density at radius 2 is 1.94 bits per heavy atom. The monoisotopic (exact) mass is 443 g/mol. The molecule has 9 nitrogen and oxygen atoms in total. The lowest BCUT2D eigenvalue weighted by Gasteiger charge is -2.36. The van der Waals surface area contributed by atoms with Crippen LogP contribution in [0.15, 0.2) is 30.3 Å². The molecule has 172 valence electrons. The van der Waals surface area contributed by atoms with Gasteiger partial charge in [-0.2, -0.15) is 0 Å². The molecule has 4 amide bonds. The van der Waals surface area contributed by atoms with Crippen molar-refractivity contribution in [3.05, 3.63) is 35.9 Å². The number of nitrogens with zero attached hydrogens (tertiary/aromatic N) is 1. The van der Waals surface area contributed by atoms with Crippen LogP contribution in [0.3, 0.4) is 0 Å². The molecule has 1 aromatic carbocycles. The molecule has 1 saturated heterocycles. The largest absolute Gasteiger partial charge is 0.454 e. The fourth-order valence-corrected chi connectivity index (χ4v) is 4.34. The molecule has 1 aromatic rings. The van der Waals surface area contributed by atoms with Crippen molar-refractivity contribution in [2.24, 2.45) is 5.92 Å². The average molecular weight is 444 g/mol. The van der Waals surface area contributed by atoms with E-state index in [1.165, 1.54) is 6.92 Å². The van der Waals surface area contributed by atoms with E-state index in [1.807, 2.05) is 37.3 Å². The van der Waals surface area contributed by atoms with E-state index in [0.29, 0.717) is 12.8 Å². The third-order valence-corrected chi connectivity index (χ3v) is 6.26. The van der Waals surface area contributed by atoms with Crippen molar-refractivity contribution in [3.8, 4) is 0 Å². The molecule has 2 N–H and O–H groups in total. The van der Waals surface area contributed by atoms with Crippen molar-refractivity contribution in [2.45, 2.75) is 57.5 Å². The molecule has 2 fully saturated rings. The standard InChI is InChI=1S/C23H29N3O6/c1-15-8-6-7-11-23(15)21(30)26(22(31)25-23)13-20(29)32-14-19(28)24-18(16(2)27)12-17-9-4-3-5-10-17/h3-5,9-10,15,18H,6-8,11-14H2,1-2H3,(H,24,28)(H,25,31). The van der Waals surface area contributed by atoms with Crippen LogP contribution in [0.1, 0.15) is 45.1 Å². The summed E-state index contributed by atoms with van der Waals surface area (Å²) in [5, 5.41) is 5.32. The van der Waals surface area contributed by atoms with Gasteiger partial charge >= 0.3 is 12.0 Å². The van der Waals surface area contributed by atoms with Crippen molar-refractivity contribution in [2.75, 3.05) is 13.2 Å². The number of hydrogen-bond donors (Lipinski definition) is 2. The SMILES string of the molecule is CC(=O)C(Cc1ccccc1)NC(=O)COC(=O)CN1C(=O)NC2(CCCCC2C)C1=O. The van der Waals surface area contributed by atoms with E-state index >= 15 is 0 Å². The second-order valence-corrected chi connectivity index (χ2v) is 8.52. The molecule has 1 aliphatic carbocycles. The number of carbonyl (C=O) groups excluding carboxylic acids is 5. The van der Waals surface area contributed by atoms with Gasteiger partial charge in [0.1, 0.15) is 12.1 Å². The van der Waals surface area contributed by atoms with Crippen LogP contribution < -0.4 is 10.6 Å². The number of carbonyl (C=O) groups is 5. The number of benzene rings is 1. The summed E-state index contributed by atoms with van der Waals surface area (Å²) in [6.07, 6.45) is 3.51. The van der Waals surface area contributed by atoms with Crippen LogP contribution >= 0.6 is 0 Å². The van der Waals surface area contributed by atoms with Crippen LogP contribution in [-0.4, -0.2) is 59.2 Å². The van der Waals surface area contributed by atoms with Gasteiger partial charge in [-0.25, -0.2) is 4.79 Å². The normalized spacial score (nSPS) is 23.6. The number of esters is 1. The van der Waals surface area contributed by atoms with Crippen molar-refractivity contribution >= 4 is 29.6 Å². The Hall–Kier alpha value is -3.23. The first kappa shape index (κ1) is 23.4. The van der Waals surface area contributed by atoms with Crippen LogP contribution in [0.5, 0.6) is 0 Å². The molecule has 1 heterocycles. The molecule has 1 spiro atoms. The molecule has 0 aromatic heterocycles. The predicted molar refractivity (Wildman–Crippen MR) is 114 cm³/mol. The lowest BCUT2D eigenvalue weighted by molar-refractivity contribution is -0.151. The smallest absolute Gasteiger partial charge is 0.326 e. The topological polar surface area (TPSA) is 122 Å². The van der Waals surface area contributed by atoms with Crippen molar-refractivity contribution in [1.29, 1.82) is 0 Å². The van der Waals surface area contributed by atoms with Gasteiger partial charge in [0, 0.05) is 0 Å². The van der Waals surface area contributed by atoms with Gasteiger partial charge in [0.05, 0.1) is 6.04 Å². The first-order valence-corrected chi connectivity index (χ1v) is 10.9. The van der Waals surface area contributed by atoms with E-state index in [-0.39, 0.29) is 11.7 Å². The number of amides is 4. The van der Waals surface area contributed by atoms with E-state index < -0.39 is 48.5 Å². The minimum Gasteiger partial charge on any atom is -0.454 e. The number of ketones is 1. The van der Waals surface area contributed by atoms with Crippen LogP contribution in [0, 0.1) is 5.92 Å². The van der Waals surface area contributed by atoms with Gasteiger partial charge in [-0.15, -0.1) is 0 Å². The summed E-state index contributed by atoms with van der Waals surface area (Å²) >= 11 is 0. The van der Waals surface area contributed by atoms with Gasteiger partial charge in [-0.3, -0.25) is 24.1 Å². The highest BCUT2D eigenvalue weighted by molar-refractivity contribution is 6.09. The Balaban J connectivity index is 1.50. The van der Waals surface area contributed by atoms with Crippen molar-refractivity contribution in [3.63, 3.8) is 0 Å². The van der Waals surface area contributed by atoms with E-state index in [0.717, 1.165) is 29.7 Å². The van der Waals surface area contributed by atoms with Crippen LogP contribution in [0.2, 0.25) is 0 Å². The molecule has 3 rings (SSSR count). The Bertz CT molecular complexity index is 902. The van der Waals surface area contributed by atoms with Gasteiger partial charge in [0.2, 0.25) is 0 Å². The second kappa shape index (κ2) is 9.93. The summed E-state index contributed by atoms with van der Waals surface area (Å²) in [7, 11) is 0. The number of imide groups is 1. The van der Waals surface area contributed by atoms with Gasteiger partial charge in [0.25, 0.3) is 11.8 Å². The molecule has 9 heteroatoms. The molecule has 32 heavy (non-hydrogen) atoms. The maximum atomic E-state index is 12.9. The molecule has 3 atom stereocenters. The molecular weight excluding hydrogens is 414 g/mol. The lowest BCUT2D eigenvalue weighted by atomic mass is 9.73. The highest BCUT2D eigenvalue weighted by atomic mass is 16.5. The van der Waals surface area contributed by atoms with Crippen molar-refractivity contribution < 1.29 is 28.7 Å². The van der Waals surface area contributed by atoms with E-state index in [1.54, 1.807) is 0 Å². The highest BCUT2D eigenvalue weighted by Gasteiger charge is 2.55. The first-order valence-electron chi connectivity index (χ1n) is 10.9. The Labute approximate surface area is 186 Å². The highest BCUT2D eigenvalue weighted by Crippen LogP contribution is 2.38. The average Bonchev–Trinajstić information content (AvgIpc) is 2.99.